The molecule has 1 aromatic rings. The molecule has 1 N–H and O–H groups in total. The van der Waals surface area contributed by atoms with Gasteiger partial charge in [-0.3, -0.25) is 0 Å². The van der Waals surface area contributed by atoms with Gasteiger partial charge in [0.1, 0.15) is 0 Å². The smallest absolute Gasteiger partial charge is 0.385 e. The Morgan fingerprint density at radius 1 is 1.29 bits per heavy atom. The van der Waals surface area contributed by atoms with Gasteiger partial charge in [0.25, 0.3) is 0 Å². The Kier molecular flexibility index (Phi) is 3.06. The van der Waals surface area contributed by atoms with Gasteiger partial charge in [-0.1, -0.05) is 13.8 Å². The lowest BCUT2D eigenvalue weighted by molar-refractivity contribution is -0.137. The van der Waals surface area contributed by atoms with Gasteiger partial charge in [-0.05, 0) is 42.0 Å². The summed E-state index contributed by atoms with van der Waals surface area (Å²) in [6, 6.07) is 3.95. The summed E-state index contributed by atoms with van der Waals surface area (Å²) in [7, 11) is 0. The van der Waals surface area contributed by atoms with Gasteiger partial charge in [-0.15, -0.1) is 0 Å². The van der Waals surface area contributed by atoms with Crippen LogP contribution in [0.2, 0.25) is 0 Å². The van der Waals surface area contributed by atoms with E-state index in [4.69, 9.17) is 0 Å². The summed E-state index contributed by atoms with van der Waals surface area (Å²) in [5.41, 5.74) is 1.07. The zero-order valence-corrected chi connectivity index (χ0v) is 9.93. The van der Waals surface area contributed by atoms with Crippen LogP contribution < -0.4 is 5.32 Å². The van der Waals surface area contributed by atoms with E-state index in [0.717, 1.165) is 30.3 Å². The molecule has 1 aliphatic rings. The average molecular weight is 243 g/mol. The number of fused-ring (bicyclic) bond motifs is 1. The summed E-state index contributed by atoms with van der Waals surface area (Å²) in [6.45, 7) is 5.05. The molecule has 1 atom stereocenters. The van der Waals surface area contributed by atoms with E-state index < -0.39 is 11.7 Å². The Bertz CT molecular complexity index is 410. The van der Waals surface area contributed by atoms with Crippen molar-refractivity contribution in [2.24, 2.45) is 11.8 Å². The Morgan fingerprint density at radius 3 is 2.59 bits per heavy atom. The van der Waals surface area contributed by atoms with Gasteiger partial charge in [0.05, 0.1) is 5.56 Å². The van der Waals surface area contributed by atoms with Crippen molar-refractivity contribution in [2.75, 3.05) is 11.9 Å². The first-order valence-electron chi connectivity index (χ1n) is 5.82. The van der Waals surface area contributed by atoms with Crippen LogP contribution in [0.4, 0.5) is 18.9 Å². The molecule has 4 heteroatoms. The van der Waals surface area contributed by atoms with Crippen molar-refractivity contribution in [2.45, 2.75) is 26.4 Å². The molecule has 1 unspecified atom stereocenters. The van der Waals surface area contributed by atoms with Crippen molar-refractivity contribution in [1.29, 1.82) is 0 Å². The normalized spacial score (nSPS) is 20.0. The Labute approximate surface area is 99.0 Å². The van der Waals surface area contributed by atoms with E-state index in [-0.39, 0.29) is 0 Å². The predicted molar refractivity (Wildman–Crippen MR) is 62.0 cm³/mol. The van der Waals surface area contributed by atoms with Gasteiger partial charge in [0, 0.05) is 12.2 Å². The second-order valence-corrected chi connectivity index (χ2v) is 4.96. The molecule has 0 aliphatic carbocycles. The highest BCUT2D eigenvalue weighted by molar-refractivity contribution is 5.55. The molecule has 0 amide bonds. The van der Waals surface area contributed by atoms with E-state index in [9.17, 15) is 13.2 Å². The van der Waals surface area contributed by atoms with Crippen LogP contribution in [0, 0.1) is 11.8 Å². The van der Waals surface area contributed by atoms with Crippen LogP contribution in [-0.4, -0.2) is 6.54 Å². The largest absolute Gasteiger partial charge is 0.416 e. The third-order valence-electron chi connectivity index (χ3n) is 3.41. The van der Waals surface area contributed by atoms with Crippen molar-refractivity contribution in [1.82, 2.24) is 0 Å². The zero-order valence-electron chi connectivity index (χ0n) is 9.93. The molecule has 17 heavy (non-hydrogen) atoms. The molecule has 1 aliphatic heterocycles. The van der Waals surface area contributed by atoms with Gasteiger partial charge in [0.2, 0.25) is 0 Å². The molecule has 1 nitrogen and oxygen atoms in total. The molecule has 0 bridgehead atoms. The highest BCUT2D eigenvalue weighted by Crippen LogP contribution is 2.35. The van der Waals surface area contributed by atoms with Crippen molar-refractivity contribution in [3.05, 3.63) is 29.3 Å². The average Bonchev–Trinajstić information content (AvgIpc) is 2.26. The van der Waals surface area contributed by atoms with Crippen LogP contribution in [0.3, 0.4) is 0 Å². The summed E-state index contributed by atoms with van der Waals surface area (Å²) >= 11 is 0. The lowest BCUT2D eigenvalue weighted by Gasteiger charge is -2.29. The van der Waals surface area contributed by atoms with E-state index >= 15 is 0 Å². The van der Waals surface area contributed by atoms with E-state index in [1.807, 2.05) is 0 Å². The minimum absolute atomic E-state index is 0.408. The topological polar surface area (TPSA) is 12.0 Å². The minimum Gasteiger partial charge on any atom is -0.385 e. The summed E-state index contributed by atoms with van der Waals surface area (Å²) in [4.78, 5) is 0. The fourth-order valence-electron chi connectivity index (χ4n) is 2.18. The third-order valence-corrected chi connectivity index (χ3v) is 3.41. The number of hydrogen-bond acceptors (Lipinski definition) is 1. The molecule has 2 rings (SSSR count). The monoisotopic (exact) mass is 243 g/mol. The summed E-state index contributed by atoms with van der Waals surface area (Å²) in [5.74, 6) is 0.885. The number of hydrogen-bond donors (Lipinski definition) is 1. The minimum atomic E-state index is -4.25. The molecule has 0 spiro atoms. The predicted octanol–water partition coefficient (Wildman–Crippen LogP) is 3.95. The maximum absolute atomic E-state index is 12.6. The van der Waals surface area contributed by atoms with Crippen molar-refractivity contribution >= 4 is 5.69 Å². The van der Waals surface area contributed by atoms with E-state index in [0.29, 0.717) is 11.8 Å². The maximum Gasteiger partial charge on any atom is 0.416 e. The molecular formula is C13H16F3N. The molecule has 1 heterocycles. The van der Waals surface area contributed by atoms with Crippen LogP contribution in [0.1, 0.15) is 25.0 Å². The second-order valence-electron chi connectivity index (χ2n) is 4.96. The first kappa shape index (κ1) is 12.3. The highest BCUT2D eigenvalue weighted by Gasteiger charge is 2.32. The first-order chi connectivity index (χ1) is 7.88. The van der Waals surface area contributed by atoms with E-state index in [1.165, 1.54) is 12.1 Å². The fraction of sp³-hybridized carbons (Fsp3) is 0.538. The molecule has 1 aromatic carbocycles. The molecular weight excluding hydrogens is 227 g/mol. The number of alkyl halides is 3. The third kappa shape index (κ3) is 2.56. The number of nitrogens with one attached hydrogen (secondary N) is 1. The SMILES string of the molecule is CC(C)C1CNc2ccc(C(F)(F)F)cc2C1. The Hall–Kier alpha value is -1.19. The number of anilines is 1. The number of rotatable bonds is 1. The summed E-state index contributed by atoms with van der Waals surface area (Å²) in [5, 5.41) is 3.21. The quantitative estimate of drug-likeness (QED) is 0.787. The Morgan fingerprint density at radius 2 is 2.00 bits per heavy atom. The van der Waals surface area contributed by atoms with E-state index in [1.54, 1.807) is 0 Å². The molecule has 94 valence electrons. The van der Waals surface area contributed by atoms with Gasteiger partial charge in [-0.25, -0.2) is 0 Å². The summed E-state index contributed by atoms with van der Waals surface area (Å²) in [6.07, 6.45) is -3.52. The lowest BCUT2D eigenvalue weighted by Crippen LogP contribution is -2.27. The van der Waals surface area contributed by atoms with E-state index in [2.05, 4.69) is 19.2 Å². The van der Waals surface area contributed by atoms with Crippen LogP contribution in [0.5, 0.6) is 0 Å². The van der Waals surface area contributed by atoms with Crippen molar-refractivity contribution < 1.29 is 13.2 Å². The molecule has 0 radical (unpaired) electrons. The molecule has 0 fully saturated rings. The van der Waals surface area contributed by atoms with Crippen LogP contribution >= 0.6 is 0 Å². The van der Waals surface area contributed by atoms with Crippen molar-refractivity contribution in [3.8, 4) is 0 Å². The van der Waals surface area contributed by atoms with Gasteiger partial charge in [0.15, 0.2) is 0 Å². The molecule has 0 saturated heterocycles. The van der Waals surface area contributed by atoms with Crippen molar-refractivity contribution in [3.63, 3.8) is 0 Å². The zero-order chi connectivity index (χ0) is 12.6. The van der Waals surface area contributed by atoms with Gasteiger partial charge < -0.3 is 5.32 Å². The highest BCUT2D eigenvalue weighted by atomic mass is 19.4. The van der Waals surface area contributed by atoms with Crippen LogP contribution in [-0.2, 0) is 12.6 Å². The molecule has 0 aromatic heterocycles. The number of benzene rings is 1. The Balaban J connectivity index is 2.29. The van der Waals surface area contributed by atoms with Crippen LogP contribution in [0.25, 0.3) is 0 Å². The number of halogens is 3. The first-order valence-corrected chi connectivity index (χ1v) is 5.82. The maximum atomic E-state index is 12.6. The standard InChI is InChI=1S/C13H16F3N/c1-8(2)10-5-9-6-11(13(14,15)16)3-4-12(9)17-7-10/h3-4,6,8,10,17H,5,7H2,1-2H3. The van der Waals surface area contributed by atoms with Gasteiger partial charge in [-0.2, -0.15) is 13.2 Å². The lowest BCUT2D eigenvalue weighted by atomic mass is 9.85. The molecule has 0 saturated carbocycles. The van der Waals surface area contributed by atoms with Gasteiger partial charge >= 0.3 is 6.18 Å². The fourth-order valence-corrected chi connectivity index (χ4v) is 2.18. The summed E-state index contributed by atoms with van der Waals surface area (Å²) < 4.78 is 37.8. The van der Waals surface area contributed by atoms with Crippen LogP contribution in [0.15, 0.2) is 18.2 Å². The second kappa shape index (κ2) is 4.24.